The zero-order valence-electron chi connectivity index (χ0n) is 12.9. The third-order valence-corrected chi connectivity index (χ3v) is 3.59. The van der Waals surface area contributed by atoms with Crippen molar-refractivity contribution in [3.05, 3.63) is 77.1 Å². The molecule has 0 bridgehead atoms. The SMILES string of the molecule is N#Cc1cccc(NC(=O)c2ccnc(Nc3ccccc3Cl)n2)c1. The number of carbonyl (C=O) groups is 1. The molecule has 2 N–H and O–H groups in total. The number of aromatic nitrogens is 2. The summed E-state index contributed by atoms with van der Waals surface area (Å²) in [6.45, 7) is 0. The molecule has 0 aliphatic heterocycles. The Morgan fingerprint density at radius 3 is 2.76 bits per heavy atom. The Morgan fingerprint density at radius 1 is 1.12 bits per heavy atom. The summed E-state index contributed by atoms with van der Waals surface area (Å²) >= 11 is 6.09. The predicted molar refractivity (Wildman–Crippen MR) is 95.9 cm³/mol. The van der Waals surface area contributed by atoms with E-state index in [4.69, 9.17) is 16.9 Å². The fourth-order valence-corrected chi connectivity index (χ4v) is 2.27. The average Bonchev–Trinajstić information content (AvgIpc) is 2.64. The van der Waals surface area contributed by atoms with Crippen LogP contribution in [0.4, 0.5) is 17.3 Å². The van der Waals surface area contributed by atoms with E-state index in [9.17, 15) is 4.79 Å². The number of rotatable bonds is 4. The number of halogens is 1. The second kappa shape index (κ2) is 7.43. The lowest BCUT2D eigenvalue weighted by Gasteiger charge is -2.08. The molecule has 6 nitrogen and oxygen atoms in total. The molecule has 122 valence electrons. The first kappa shape index (κ1) is 16.4. The summed E-state index contributed by atoms with van der Waals surface area (Å²) in [5, 5.41) is 15.1. The van der Waals surface area contributed by atoms with Crippen molar-refractivity contribution in [2.24, 2.45) is 0 Å². The van der Waals surface area contributed by atoms with E-state index in [1.807, 2.05) is 18.2 Å². The number of anilines is 3. The Bertz CT molecular complexity index is 967. The van der Waals surface area contributed by atoms with Crippen molar-refractivity contribution in [3.63, 3.8) is 0 Å². The Hall–Kier alpha value is -3.43. The first-order valence-electron chi connectivity index (χ1n) is 7.32. The maximum Gasteiger partial charge on any atom is 0.274 e. The third kappa shape index (κ3) is 4.10. The molecule has 0 radical (unpaired) electrons. The van der Waals surface area contributed by atoms with Gasteiger partial charge in [-0.1, -0.05) is 29.8 Å². The molecule has 25 heavy (non-hydrogen) atoms. The smallest absolute Gasteiger partial charge is 0.274 e. The normalized spacial score (nSPS) is 9.92. The van der Waals surface area contributed by atoms with E-state index >= 15 is 0 Å². The van der Waals surface area contributed by atoms with E-state index < -0.39 is 5.91 Å². The molecule has 3 aromatic rings. The Morgan fingerprint density at radius 2 is 1.96 bits per heavy atom. The molecular formula is C18H12ClN5O. The summed E-state index contributed by atoms with van der Waals surface area (Å²) in [7, 11) is 0. The van der Waals surface area contributed by atoms with Gasteiger partial charge >= 0.3 is 0 Å². The van der Waals surface area contributed by atoms with Gasteiger partial charge < -0.3 is 10.6 Å². The Balaban J connectivity index is 1.77. The van der Waals surface area contributed by atoms with E-state index in [0.717, 1.165) is 0 Å². The number of nitrogens with zero attached hydrogens (tertiary/aromatic N) is 3. The first-order valence-corrected chi connectivity index (χ1v) is 7.69. The third-order valence-electron chi connectivity index (χ3n) is 3.26. The fourth-order valence-electron chi connectivity index (χ4n) is 2.09. The molecule has 0 saturated carbocycles. The molecule has 0 fully saturated rings. The number of nitrogens with one attached hydrogen (secondary N) is 2. The molecule has 0 atom stereocenters. The van der Waals surface area contributed by atoms with E-state index in [0.29, 0.717) is 22.0 Å². The number of amides is 1. The van der Waals surface area contributed by atoms with Gasteiger partial charge in [0, 0.05) is 11.9 Å². The van der Waals surface area contributed by atoms with Crippen molar-refractivity contribution in [1.82, 2.24) is 9.97 Å². The molecular weight excluding hydrogens is 338 g/mol. The minimum atomic E-state index is -0.403. The summed E-state index contributed by atoms with van der Waals surface area (Å²) in [6.07, 6.45) is 1.48. The lowest BCUT2D eigenvalue weighted by Crippen LogP contribution is -2.14. The summed E-state index contributed by atoms with van der Waals surface area (Å²) < 4.78 is 0. The summed E-state index contributed by atoms with van der Waals surface area (Å²) in [6, 6.07) is 17.3. The molecule has 2 aromatic carbocycles. The van der Waals surface area contributed by atoms with Crippen LogP contribution < -0.4 is 10.6 Å². The first-order chi connectivity index (χ1) is 12.2. The highest BCUT2D eigenvalue weighted by molar-refractivity contribution is 6.33. The molecule has 7 heteroatoms. The fraction of sp³-hybridized carbons (Fsp3) is 0. The van der Waals surface area contributed by atoms with Crippen LogP contribution in [0, 0.1) is 11.3 Å². The number of benzene rings is 2. The largest absolute Gasteiger partial charge is 0.323 e. The molecule has 0 unspecified atom stereocenters. The summed E-state index contributed by atoms with van der Waals surface area (Å²) in [4.78, 5) is 20.6. The minimum absolute atomic E-state index is 0.187. The van der Waals surface area contributed by atoms with Crippen LogP contribution in [0.3, 0.4) is 0 Å². The number of carbonyl (C=O) groups excluding carboxylic acids is 1. The van der Waals surface area contributed by atoms with Crippen LogP contribution in [-0.2, 0) is 0 Å². The molecule has 0 aliphatic rings. The lowest BCUT2D eigenvalue weighted by atomic mass is 10.2. The second-order valence-electron chi connectivity index (χ2n) is 5.02. The van der Waals surface area contributed by atoms with Crippen molar-refractivity contribution in [3.8, 4) is 6.07 Å². The van der Waals surface area contributed by atoms with Gasteiger partial charge in [0.15, 0.2) is 0 Å². The second-order valence-corrected chi connectivity index (χ2v) is 5.42. The summed E-state index contributed by atoms with van der Waals surface area (Å²) in [5.74, 6) is -0.147. The monoisotopic (exact) mass is 349 g/mol. The van der Waals surface area contributed by atoms with Gasteiger partial charge in [-0.15, -0.1) is 0 Å². The molecule has 1 amide bonds. The molecule has 1 heterocycles. The van der Waals surface area contributed by atoms with Gasteiger partial charge in [0.25, 0.3) is 5.91 Å². The zero-order chi connectivity index (χ0) is 17.6. The van der Waals surface area contributed by atoms with Gasteiger partial charge in [0.2, 0.25) is 5.95 Å². The molecule has 0 aliphatic carbocycles. The van der Waals surface area contributed by atoms with Gasteiger partial charge in [0.05, 0.1) is 22.3 Å². The summed E-state index contributed by atoms with van der Waals surface area (Å²) in [5.41, 5.74) is 1.81. The van der Waals surface area contributed by atoms with E-state index in [2.05, 4.69) is 20.6 Å². The van der Waals surface area contributed by atoms with Crippen molar-refractivity contribution in [1.29, 1.82) is 5.26 Å². The zero-order valence-corrected chi connectivity index (χ0v) is 13.7. The van der Waals surface area contributed by atoms with Gasteiger partial charge in [-0.2, -0.15) is 5.26 Å². The van der Waals surface area contributed by atoms with Crippen molar-refractivity contribution < 1.29 is 4.79 Å². The molecule has 0 spiro atoms. The topological polar surface area (TPSA) is 90.7 Å². The van der Waals surface area contributed by atoms with E-state index in [1.54, 1.807) is 36.4 Å². The van der Waals surface area contributed by atoms with Crippen LogP contribution in [0.2, 0.25) is 5.02 Å². The number of para-hydroxylation sites is 1. The van der Waals surface area contributed by atoms with Gasteiger partial charge in [-0.3, -0.25) is 4.79 Å². The van der Waals surface area contributed by atoms with Crippen LogP contribution >= 0.6 is 11.6 Å². The maximum atomic E-state index is 12.3. The standard InChI is InChI=1S/C18H12ClN5O/c19-14-6-1-2-7-15(14)23-18-21-9-8-16(24-18)17(25)22-13-5-3-4-12(10-13)11-20/h1-10H,(H,22,25)(H,21,23,24). The number of hydrogen-bond acceptors (Lipinski definition) is 5. The predicted octanol–water partition coefficient (Wildman–Crippen LogP) is 4.00. The van der Waals surface area contributed by atoms with Gasteiger partial charge in [-0.05, 0) is 36.4 Å². The Labute approximate surface area is 149 Å². The van der Waals surface area contributed by atoms with Crippen LogP contribution in [0.1, 0.15) is 16.1 Å². The highest BCUT2D eigenvalue weighted by atomic mass is 35.5. The number of hydrogen-bond donors (Lipinski definition) is 2. The van der Waals surface area contributed by atoms with Gasteiger partial charge in [0.1, 0.15) is 5.69 Å². The van der Waals surface area contributed by atoms with Crippen molar-refractivity contribution in [2.75, 3.05) is 10.6 Å². The van der Waals surface area contributed by atoms with Crippen LogP contribution in [-0.4, -0.2) is 15.9 Å². The van der Waals surface area contributed by atoms with Crippen molar-refractivity contribution in [2.45, 2.75) is 0 Å². The molecule has 3 rings (SSSR count). The maximum absolute atomic E-state index is 12.3. The van der Waals surface area contributed by atoms with E-state index in [1.165, 1.54) is 12.3 Å². The Kier molecular flexibility index (Phi) is 4.88. The van der Waals surface area contributed by atoms with E-state index in [-0.39, 0.29) is 11.6 Å². The minimum Gasteiger partial charge on any atom is -0.323 e. The highest BCUT2D eigenvalue weighted by Gasteiger charge is 2.10. The van der Waals surface area contributed by atoms with Crippen LogP contribution in [0.15, 0.2) is 60.8 Å². The van der Waals surface area contributed by atoms with Crippen molar-refractivity contribution >= 4 is 34.8 Å². The lowest BCUT2D eigenvalue weighted by molar-refractivity contribution is 0.102. The highest BCUT2D eigenvalue weighted by Crippen LogP contribution is 2.23. The van der Waals surface area contributed by atoms with Crippen LogP contribution in [0.5, 0.6) is 0 Å². The average molecular weight is 350 g/mol. The quantitative estimate of drug-likeness (QED) is 0.743. The molecule has 1 aromatic heterocycles. The number of nitriles is 1. The van der Waals surface area contributed by atoms with Crippen LogP contribution in [0.25, 0.3) is 0 Å². The molecule has 0 saturated heterocycles. The van der Waals surface area contributed by atoms with Gasteiger partial charge in [-0.25, -0.2) is 9.97 Å².